The minimum atomic E-state index is -3.63. The minimum absolute atomic E-state index is 0.0803. The van der Waals surface area contributed by atoms with Gasteiger partial charge in [-0.3, -0.25) is 9.36 Å². The first-order valence-electron chi connectivity index (χ1n) is 14.1. The molecule has 0 saturated heterocycles. The van der Waals surface area contributed by atoms with Crippen LogP contribution in [0.2, 0.25) is 72.5 Å². The van der Waals surface area contributed by atoms with Gasteiger partial charge in [-0.25, -0.2) is 0 Å². The first-order valence-corrected chi connectivity index (χ1v) is 27.5. The average molecular weight is 626 g/mol. The second kappa shape index (κ2) is 11.6. The Morgan fingerprint density at radius 1 is 0.605 bits per heavy atom. The number of hydrogen-bond donors (Lipinski definition) is 0. The highest BCUT2D eigenvalue weighted by molar-refractivity contribution is 7.57. The van der Waals surface area contributed by atoms with Crippen LogP contribution in [0.15, 0.2) is 0 Å². The zero-order valence-electron chi connectivity index (χ0n) is 28.8. The maximum Gasteiger partial charge on any atom is 0.324 e. The lowest BCUT2D eigenvalue weighted by Gasteiger charge is -2.49. The number of hydrogen-bond acceptors (Lipinski definition) is 6. The van der Waals surface area contributed by atoms with E-state index in [2.05, 4.69) is 140 Å². The Morgan fingerprint density at radius 3 is 1.18 bits per heavy atom. The fraction of sp³-hybridized carbons (Fsp3) is 0.963. The summed E-state index contributed by atoms with van der Waals surface area (Å²) in [6.45, 7) is 43.2. The van der Waals surface area contributed by atoms with Crippen LogP contribution >= 0.6 is 7.60 Å². The molecule has 0 aromatic heterocycles. The molecule has 0 rings (SSSR count). The van der Waals surface area contributed by atoms with E-state index in [9.17, 15) is 4.79 Å². The van der Waals surface area contributed by atoms with Gasteiger partial charge in [-0.2, -0.15) is 0 Å². The minimum Gasteiger partial charge on any atom is -0.518 e. The summed E-state index contributed by atoms with van der Waals surface area (Å²) in [5, 5.41) is -0.440. The molecule has 0 aliphatic rings. The lowest BCUT2D eigenvalue weighted by molar-refractivity contribution is -0.135. The van der Waals surface area contributed by atoms with Crippen molar-refractivity contribution in [2.75, 3.05) is 12.8 Å². The van der Waals surface area contributed by atoms with Crippen molar-refractivity contribution in [1.82, 2.24) is 4.57 Å². The molecule has 0 heterocycles. The maximum atomic E-state index is 15.0. The summed E-state index contributed by atoms with van der Waals surface area (Å²) in [4.78, 5) is 13.5. The quantitative estimate of drug-likeness (QED) is 0.178. The largest absolute Gasteiger partial charge is 0.518 e. The van der Waals surface area contributed by atoms with Crippen molar-refractivity contribution in [2.45, 2.75) is 156 Å². The number of carbonyl (C=O) groups is 1. The summed E-state index contributed by atoms with van der Waals surface area (Å²) in [5.41, 5.74) is 0. The number of rotatable bonds is 10. The fourth-order valence-corrected chi connectivity index (χ4v) is 16.3. The van der Waals surface area contributed by atoms with E-state index in [0.717, 1.165) is 0 Å². The Bertz CT molecular complexity index is 844. The predicted octanol–water partition coefficient (Wildman–Crippen LogP) is 10.0. The Hall–Kier alpha value is 0.448. The fourth-order valence-electron chi connectivity index (χ4n) is 2.78. The Balaban J connectivity index is 6.78. The molecule has 0 unspecified atom stereocenters. The standard InChI is InChI=1S/C27H64NO5PSi4/c1-24(2,3)35(13,14)28(21-23(29)31-36(15,16)25(4,5)6)22-34(30,32-37(17,18)26(7,8)9)33-38(19,20)27(10,11)12/h21-22H2,1-20H3. The molecule has 0 atom stereocenters. The average Bonchev–Trinajstić information content (AvgIpc) is 2.55. The summed E-state index contributed by atoms with van der Waals surface area (Å²) >= 11 is 0. The molecular weight excluding hydrogens is 562 g/mol. The van der Waals surface area contributed by atoms with Crippen molar-refractivity contribution in [1.29, 1.82) is 0 Å². The summed E-state index contributed by atoms with van der Waals surface area (Å²) < 4.78 is 36.8. The normalized spacial score (nSPS) is 15.7. The van der Waals surface area contributed by atoms with Crippen molar-refractivity contribution in [3.63, 3.8) is 0 Å². The maximum absolute atomic E-state index is 15.0. The van der Waals surface area contributed by atoms with Crippen molar-refractivity contribution in [3.05, 3.63) is 0 Å². The molecule has 0 bridgehead atoms. The zero-order chi connectivity index (χ0) is 31.2. The van der Waals surface area contributed by atoms with E-state index >= 15 is 4.57 Å². The molecular formula is C27H64NO5PSi4. The second-order valence-electron chi connectivity index (χ2n) is 17.2. The van der Waals surface area contributed by atoms with Gasteiger partial charge in [-0.1, -0.05) is 96.2 Å². The molecule has 228 valence electrons. The van der Waals surface area contributed by atoms with Crippen LogP contribution in [0.3, 0.4) is 0 Å². The second-order valence-corrected chi connectivity index (χ2v) is 39.2. The highest BCUT2D eigenvalue weighted by Gasteiger charge is 2.52. The van der Waals surface area contributed by atoms with Crippen LogP contribution in [-0.2, 0) is 22.2 Å². The van der Waals surface area contributed by atoms with Crippen LogP contribution < -0.4 is 0 Å². The van der Waals surface area contributed by atoms with Gasteiger partial charge >= 0.3 is 13.6 Å². The molecule has 0 aromatic rings. The highest BCUT2D eigenvalue weighted by atomic mass is 31.2. The summed E-state index contributed by atoms with van der Waals surface area (Å²) in [7, 11) is -13.2. The topological polar surface area (TPSA) is 65.1 Å². The van der Waals surface area contributed by atoms with E-state index in [1.54, 1.807) is 0 Å². The summed E-state index contributed by atoms with van der Waals surface area (Å²) in [6.07, 6.45) is 0.106. The summed E-state index contributed by atoms with van der Waals surface area (Å²) in [5.74, 6) is -0.243. The Kier molecular flexibility index (Phi) is 11.8. The van der Waals surface area contributed by atoms with Gasteiger partial charge in [-0.05, 0) is 59.4 Å². The third kappa shape index (κ3) is 9.78. The van der Waals surface area contributed by atoms with Gasteiger partial charge in [0.2, 0.25) is 16.6 Å². The van der Waals surface area contributed by atoms with Gasteiger partial charge in [0.15, 0.2) is 0 Å². The summed E-state index contributed by atoms with van der Waals surface area (Å²) in [6, 6.07) is 0. The van der Waals surface area contributed by atoms with Gasteiger partial charge in [0, 0.05) is 0 Å². The number of carbonyl (C=O) groups excluding carboxylic acids is 1. The molecule has 0 aromatic carbocycles. The van der Waals surface area contributed by atoms with Gasteiger partial charge < -0.3 is 17.4 Å². The first kappa shape index (κ1) is 38.4. The highest BCUT2D eigenvalue weighted by Crippen LogP contribution is 2.60. The first-order chi connectivity index (χ1) is 16.1. The lowest BCUT2D eigenvalue weighted by atomic mass is 10.2. The molecule has 0 aliphatic heterocycles. The molecule has 0 fully saturated rings. The van der Waals surface area contributed by atoms with Gasteiger partial charge in [0.25, 0.3) is 8.32 Å². The zero-order valence-corrected chi connectivity index (χ0v) is 33.7. The lowest BCUT2D eigenvalue weighted by Crippen LogP contribution is -2.58. The van der Waals surface area contributed by atoms with Gasteiger partial charge in [0.05, 0.1) is 12.8 Å². The van der Waals surface area contributed by atoms with Crippen molar-refractivity contribution in [2.24, 2.45) is 0 Å². The molecule has 0 radical (unpaired) electrons. The molecule has 0 aliphatic carbocycles. The SMILES string of the molecule is CC(C)(C)[Si](C)(C)OC(=O)CN(CP(=O)(O[Si](C)(C)C(C)(C)C)O[Si](C)(C)C(C)(C)C)[Si](C)(C)C(C)(C)C. The van der Waals surface area contributed by atoms with Crippen LogP contribution in [0.4, 0.5) is 0 Å². The van der Waals surface area contributed by atoms with E-state index < -0.39 is 40.8 Å². The molecule has 0 saturated carbocycles. The van der Waals surface area contributed by atoms with Crippen molar-refractivity contribution < 1.29 is 22.2 Å². The Morgan fingerprint density at radius 2 is 0.921 bits per heavy atom. The molecule has 0 amide bonds. The van der Waals surface area contributed by atoms with Crippen LogP contribution in [0.5, 0.6) is 0 Å². The predicted molar refractivity (Wildman–Crippen MR) is 176 cm³/mol. The number of nitrogens with zero attached hydrogens (tertiary/aromatic N) is 1. The molecule has 6 nitrogen and oxygen atoms in total. The van der Waals surface area contributed by atoms with Crippen LogP contribution in [-0.4, -0.2) is 56.6 Å². The van der Waals surface area contributed by atoms with Crippen molar-refractivity contribution in [3.8, 4) is 0 Å². The van der Waals surface area contributed by atoms with E-state index in [1.807, 2.05) is 0 Å². The van der Waals surface area contributed by atoms with E-state index in [1.165, 1.54) is 0 Å². The smallest absolute Gasteiger partial charge is 0.324 e. The van der Waals surface area contributed by atoms with Crippen molar-refractivity contribution >= 4 is 46.8 Å². The van der Waals surface area contributed by atoms with E-state index in [0.29, 0.717) is 0 Å². The molecule has 0 N–H and O–H groups in total. The van der Waals surface area contributed by atoms with Gasteiger partial charge in [-0.15, -0.1) is 0 Å². The molecule has 11 heteroatoms. The van der Waals surface area contributed by atoms with Crippen LogP contribution in [0, 0.1) is 0 Å². The monoisotopic (exact) mass is 625 g/mol. The van der Waals surface area contributed by atoms with Crippen LogP contribution in [0.25, 0.3) is 0 Å². The Labute approximate surface area is 241 Å². The molecule has 0 spiro atoms. The third-order valence-corrected chi connectivity index (χ3v) is 33.8. The van der Waals surface area contributed by atoms with E-state index in [-0.39, 0.29) is 39.0 Å². The van der Waals surface area contributed by atoms with Crippen LogP contribution in [0.1, 0.15) is 83.1 Å². The van der Waals surface area contributed by atoms with Gasteiger partial charge in [0.1, 0.15) is 8.24 Å². The van der Waals surface area contributed by atoms with E-state index in [4.69, 9.17) is 12.9 Å². The molecule has 38 heavy (non-hydrogen) atoms. The third-order valence-electron chi connectivity index (χ3n) is 9.81.